The minimum Gasteiger partial charge on any atom is -0.478 e. The molecular weight excluding hydrogens is 308 g/mol. The fraction of sp³-hybridized carbons (Fsp3) is 0.167. The van der Waals surface area contributed by atoms with Crippen LogP contribution in [-0.4, -0.2) is 29.4 Å². The van der Waals surface area contributed by atoms with Gasteiger partial charge in [-0.15, -0.1) is 0 Å². The smallest absolute Gasteiger partial charge is 0.337 e. The number of benzene rings is 2. The Morgan fingerprint density at radius 1 is 1.12 bits per heavy atom. The third-order valence-corrected chi connectivity index (χ3v) is 4.02. The number of fused-ring (bicyclic) bond motifs is 1. The van der Waals surface area contributed by atoms with Crippen molar-refractivity contribution >= 4 is 29.2 Å². The molecule has 6 nitrogen and oxygen atoms in total. The minimum atomic E-state index is -1.10. The molecule has 0 radical (unpaired) electrons. The van der Waals surface area contributed by atoms with E-state index in [1.54, 1.807) is 41.3 Å². The van der Waals surface area contributed by atoms with Crippen LogP contribution in [0.3, 0.4) is 0 Å². The molecule has 0 bridgehead atoms. The van der Waals surface area contributed by atoms with E-state index in [-0.39, 0.29) is 23.1 Å². The van der Waals surface area contributed by atoms with Crippen LogP contribution in [0.15, 0.2) is 42.5 Å². The van der Waals surface area contributed by atoms with Gasteiger partial charge in [0.2, 0.25) is 5.91 Å². The van der Waals surface area contributed by atoms with Crippen LogP contribution in [0, 0.1) is 0 Å². The zero-order valence-electron chi connectivity index (χ0n) is 13.1. The summed E-state index contributed by atoms with van der Waals surface area (Å²) in [6, 6.07) is 11.4. The van der Waals surface area contributed by atoms with Crippen LogP contribution >= 0.6 is 0 Å². The maximum absolute atomic E-state index is 12.4. The average molecular weight is 324 g/mol. The van der Waals surface area contributed by atoms with Crippen molar-refractivity contribution in [2.45, 2.75) is 13.3 Å². The molecule has 24 heavy (non-hydrogen) atoms. The van der Waals surface area contributed by atoms with E-state index in [0.29, 0.717) is 18.5 Å². The van der Waals surface area contributed by atoms with E-state index in [1.165, 1.54) is 13.0 Å². The second-order valence-corrected chi connectivity index (χ2v) is 5.57. The molecule has 0 aromatic heterocycles. The number of nitrogens with one attached hydrogen (secondary N) is 1. The molecule has 0 fully saturated rings. The van der Waals surface area contributed by atoms with Crippen LogP contribution < -0.4 is 10.2 Å². The maximum atomic E-state index is 12.4. The third kappa shape index (κ3) is 2.86. The predicted octanol–water partition coefficient (Wildman–Crippen LogP) is 2.55. The number of hydrogen-bond acceptors (Lipinski definition) is 3. The van der Waals surface area contributed by atoms with Gasteiger partial charge in [0.25, 0.3) is 5.91 Å². The molecule has 2 aromatic rings. The first-order chi connectivity index (χ1) is 11.5. The van der Waals surface area contributed by atoms with Gasteiger partial charge in [-0.25, -0.2) is 4.79 Å². The molecule has 0 saturated heterocycles. The lowest BCUT2D eigenvalue weighted by molar-refractivity contribution is -0.116. The standard InChI is InChI=1S/C18H16N2O4/c1-11(21)20-9-8-12-10-13(6-7-16(12)20)17(22)19-15-5-3-2-4-14(15)18(23)24/h2-7,10H,8-9H2,1H3,(H,19,22)(H,23,24). The van der Waals surface area contributed by atoms with Gasteiger partial charge in [0.15, 0.2) is 0 Å². The predicted molar refractivity (Wildman–Crippen MR) is 89.5 cm³/mol. The summed E-state index contributed by atoms with van der Waals surface area (Å²) in [6.45, 7) is 2.12. The van der Waals surface area contributed by atoms with Crippen LogP contribution in [-0.2, 0) is 11.2 Å². The molecule has 6 heteroatoms. The van der Waals surface area contributed by atoms with E-state index in [4.69, 9.17) is 5.11 Å². The summed E-state index contributed by atoms with van der Waals surface area (Å²) in [5, 5.41) is 11.8. The van der Waals surface area contributed by atoms with E-state index in [1.807, 2.05) is 0 Å². The molecule has 2 N–H and O–H groups in total. The number of carboxylic acid groups (broad SMARTS) is 1. The van der Waals surface area contributed by atoms with Gasteiger partial charge in [-0.05, 0) is 42.3 Å². The van der Waals surface area contributed by atoms with Crippen LogP contribution in [0.4, 0.5) is 11.4 Å². The molecule has 0 saturated carbocycles. The summed E-state index contributed by atoms with van der Waals surface area (Å²) in [4.78, 5) is 36.9. The summed E-state index contributed by atoms with van der Waals surface area (Å²) >= 11 is 0. The molecule has 1 aliphatic heterocycles. The highest BCUT2D eigenvalue weighted by Crippen LogP contribution is 2.29. The average Bonchev–Trinajstić information content (AvgIpc) is 2.98. The zero-order valence-corrected chi connectivity index (χ0v) is 13.1. The van der Waals surface area contributed by atoms with Gasteiger partial charge < -0.3 is 15.3 Å². The number of carbonyl (C=O) groups excluding carboxylic acids is 2. The highest BCUT2D eigenvalue weighted by molar-refractivity contribution is 6.08. The van der Waals surface area contributed by atoms with Crippen molar-refractivity contribution in [3.8, 4) is 0 Å². The largest absolute Gasteiger partial charge is 0.478 e. The Morgan fingerprint density at radius 2 is 1.88 bits per heavy atom. The highest BCUT2D eigenvalue weighted by atomic mass is 16.4. The number of para-hydroxylation sites is 1. The second kappa shape index (κ2) is 6.16. The summed E-state index contributed by atoms with van der Waals surface area (Å²) in [5.41, 5.74) is 2.48. The van der Waals surface area contributed by atoms with Crippen LogP contribution in [0.25, 0.3) is 0 Å². The SMILES string of the molecule is CC(=O)N1CCc2cc(C(=O)Nc3ccccc3C(=O)O)ccc21. The molecule has 0 spiro atoms. The zero-order chi connectivity index (χ0) is 17.3. The van der Waals surface area contributed by atoms with E-state index in [9.17, 15) is 14.4 Å². The van der Waals surface area contributed by atoms with Gasteiger partial charge in [-0.2, -0.15) is 0 Å². The number of amides is 2. The molecule has 1 heterocycles. The van der Waals surface area contributed by atoms with Gasteiger partial charge in [0.1, 0.15) is 0 Å². The van der Waals surface area contributed by atoms with E-state index in [2.05, 4.69) is 5.32 Å². The lowest BCUT2D eigenvalue weighted by atomic mass is 10.1. The minimum absolute atomic E-state index is 0.0265. The Hall–Kier alpha value is -3.15. The van der Waals surface area contributed by atoms with Crippen molar-refractivity contribution < 1.29 is 19.5 Å². The first-order valence-electron chi connectivity index (χ1n) is 7.52. The maximum Gasteiger partial charge on any atom is 0.337 e. The fourth-order valence-corrected chi connectivity index (χ4v) is 2.84. The van der Waals surface area contributed by atoms with Gasteiger partial charge in [-0.3, -0.25) is 9.59 Å². The molecular formula is C18H16N2O4. The van der Waals surface area contributed by atoms with E-state index in [0.717, 1.165) is 11.3 Å². The van der Waals surface area contributed by atoms with Crippen molar-refractivity contribution in [2.24, 2.45) is 0 Å². The second-order valence-electron chi connectivity index (χ2n) is 5.57. The number of anilines is 2. The van der Waals surface area contributed by atoms with Gasteiger partial charge >= 0.3 is 5.97 Å². The van der Waals surface area contributed by atoms with E-state index < -0.39 is 5.97 Å². The molecule has 0 atom stereocenters. The van der Waals surface area contributed by atoms with Crippen molar-refractivity contribution in [2.75, 3.05) is 16.8 Å². The van der Waals surface area contributed by atoms with Crippen molar-refractivity contribution in [1.82, 2.24) is 0 Å². The Labute approximate surface area is 138 Å². The third-order valence-electron chi connectivity index (χ3n) is 4.02. The fourth-order valence-electron chi connectivity index (χ4n) is 2.84. The summed E-state index contributed by atoms with van der Waals surface area (Å²) in [6.07, 6.45) is 0.696. The van der Waals surface area contributed by atoms with Crippen molar-refractivity contribution in [1.29, 1.82) is 0 Å². The number of carbonyl (C=O) groups is 3. The molecule has 2 amide bonds. The normalized spacial score (nSPS) is 12.6. The van der Waals surface area contributed by atoms with Crippen LogP contribution in [0.5, 0.6) is 0 Å². The molecule has 122 valence electrons. The Bertz CT molecular complexity index is 845. The summed E-state index contributed by atoms with van der Waals surface area (Å²) in [5.74, 6) is -1.51. The Kier molecular flexibility index (Phi) is 4.04. The number of carboxylic acids is 1. The van der Waals surface area contributed by atoms with Gasteiger partial charge in [-0.1, -0.05) is 12.1 Å². The summed E-state index contributed by atoms with van der Waals surface area (Å²) < 4.78 is 0. The highest BCUT2D eigenvalue weighted by Gasteiger charge is 2.23. The van der Waals surface area contributed by atoms with E-state index >= 15 is 0 Å². The lowest BCUT2D eigenvalue weighted by Gasteiger charge is -2.15. The van der Waals surface area contributed by atoms with Gasteiger partial charge in [0.05, 0.1) is 11.3 Å². The first kappa shape index (κ1) is 15.7. The van der Waals surface area contributed by atoms with Crippen molar-refractivity contribution in [3.63, 3.8) is 0 Å². The van der Waals surface area contributed by atoms with Crippen LogP contribution in [0.2, 0.25) is 0 Å². The molecule has 2 aromatic carbocycles. The lowest BCUT2D eigenvalue weighted by Crippen LogP contribution is -2.25. The van der Waals surface area contributed by atoms with Crippen LogP contribution in [0.1, 0.15) is 33.2 Å². The quantitative estimate of drug-likeness (QED) is 0.908. The number of rotatable bonds is 3. The number of hydrogen-bond donors (Lipinski definition) is 2. The monoisotopic (exact) mass is 324 g/mol. The Morgan fingerprint density at radius 3 is 2.58 bits per heavy atom. The molecule has 0 unspecified atom stereocenters. The molecule has 1 aliphatic rings. The molecule has 0 aliphatic carbocycles. The number of nitrogens with zero attached hydrogens (tertiary/aromatic N) is 1. The Balaban J connectivity index is 1.85. The molecule has 3 rings (SSSR count). The summed E-state index contributed by atoms with van der Waals surface area (Å²) in [7, 11) is 0. The topological polar surface area (TPSA) is 86.7 Å². The van der Waals surface area contributed by atoms with Crippen molar-refractivity contribution in [3.05, 3.63) is 59.2 Å². The number of aromatic carboxylic acids is 1. The first-order valence-corrected chi connectivity index (χ1v) is 7.52. The van der Waals surface area contributed by atoms with Gasteiger partial charge in [0, 0.05) is 24.7 Å².